The summed E-state index contributed by atoms with van der Waals surface area (Å²) in [5.41, 5.74) is 7.48. The van der Waals surface area contributed by atoms with E-state index in [1.54, 1.807) is 0 Å². The van der Waals surface area contributed by atoms with Gasteiger partial charge < -0.3 is 31.1 Å². The highest BCUT2D eigenvalue weighted by molar-refractivity contribution is 7.80. The van der Waals surface area contributed by atoms with Crippen molar-refractivity contribution in [2.75, 3.05) is 11.5 Å². The lowest BCUT2D eigenvalue weighted by molar-refractivity contribution is -0.138. The molecule has 2 unspecified atom stereocenters. The minimum absolute atomic E-state index is 0.00389. The molecule has 3 aliphatic rings. The minimum Gasteiger partial charge on any atom is -0.481 e. The Morgan fingerprint density at radius 1 is 0.933 bits per heavy atom. The van der Waals surface area contributed by atoms with Crippen LogP contribution in [0.3, 0.4) is 0 Å². The molecule has 0 saturated carbocycles. The molecule has 0 radical (unpaired) electrons. The summed E-state index contributed by atoms with van der Waals surface area (Å²) in [7, 11) is 0. The summed E-state index contributed by atoms with van der Waals surface area (Å²) in [6.07, 6.45) is 7.61. The number of carboxylic acids is 2. The highest BCUT2D eigenvalue weighted by Gasteiger charge is 2.38. The number of nitrogens with one attached hydrogen (secondary N) is 4. The number of rotatable bonds is 13. The lowest BCUT2D eigenvalue weighted by atomic mass is 9.90. The van der Waals surface area contributed by atoms with E-state index < -0.39 is 11.9 Å². The lowest BCUT2D eigenvalue weighted by Crippen LogP contribution is -2.36. The van der Waals surface area contributed by atoms with Crippen LogP contribution >= 0.6 is 25.3 Å². The first-order chi connectivity index (χ1) is 21.4. The van der Waals surface area contributed by atoms with Gasteiger partial charge in [-0.05, 0) is 79.7 Å². The number of aromatic nitrogens is 1. The van der Waals surface area contributed by atoms with E-state index in [2.05, 4.69) is 46.2 Å². The Bertz CT molecular complexity index is 1490. The van der Waals surface area contributed by atoms with Crippen LogP contribution in [0.15, 0.2) is 34.2 Å². The van der Waals surface area contributed by atoms with Gasteiger partial charge >= 0.3 is 11.9 Å². The highest BCUT2D eigenvalue weighted by atomic mass is 32.1. The molecular weight excluding hydrogens is 613 g/mol. The number of amides is 2. The smallest absolute Gasteiger partial charge is 0.303 e. The number of thiol groups is 2. The monoisotopic (exact) mass is 656 g/mol. The molecule has 10 nitrogen and oxygen atoms in total. The fourth-order valence-corrected chi connectivity index (χ4v) is 7.19. The van der Waals surface area contributed by atoms with Gasteiger partial charge in [0.1, 0.15) is 0 Å². The van der Waals surface area contributed by atoms with E-state index in [-0.39, 0.29) is 54.5 Å². The summed E-state index contributed by atoms with van der Waals surface area (Å²) in [6, 6.07) is -0.220. The molecule has 6 N–H and O–H groups in total. The fraction of sp³-hybridized carbons (Fsp3) is 0.515. The van der Waals surface area contributed by atoms with Crippen molar-refractivity contribution < 1.29 is 29.4 Å². The molecule has 2 amide bonds. The number of hydrogen-bond acceptors (Lipinski definition) is 7. The zero-order chi connectivity index (χ0) is 33.0. The van der Waals surface area contributed by atoms with Gasteiger partial charge in [0, 0.05) is 76.8 Å². The second kappa shape index (κ2) is 14.8. The van der Waals surface area contributed by atoms with Gasteiger partial charge in [0.05, 0.1) is 0 Å². The molecule has 45 heavy (non-hydrogen) atoms. The topological polar surface area (TPSA) is 161 Å². The van der Waals surface area contributed by atoms with Crippen molar-refractivity contribution in [3.8, 4) is 0 Å². The van der Waals surface area contributed by atoms with Crippen LogP contribution in [0.25, 0.3) is 12.2 Å². The summed E-state index contributed by atoms with van der Waals surface area (Å²) in [4.78, 5) is 51.7. The van der Waals surface area contributed by atoms with Gasteiger partial charge in [-0.25, -0.2) is 0 Å². The number of carbonyl (C=O) groups excluding carboxylic acids is 2. The van der Waals surface area contributed by atoms with Gasteiger partial charge in [0.2, 0.25) is 11.8 Å². The molecule has 0 aromatic carbocycles. The van der Waals surface area contributed by atoms with E-state index in [9.17, 15) is 29.4 Å². The maximum absolute atomic E-state index is 12.6. The second-order valence-electron chi connectivity index (χ2n) is 12.2. The van der Waals surface area contributed by atoms with E-state index in [0.717, 1.165) is 57.0 Å². The third-order valence-corrected chi connectivity index (χ3v) is 9.91. The molecule has 0 bridgehead atoms. The third kappa shape index (κ3) is 7.71. The van der Waals surface area contributed by atoms with Crippen LogP contribution in [0.4, 0.5) is 0 Å². The Morgan fingerprint density at radius 3 is 2.27 bits per heavy atom. The van der Waals surface area contributed by atoms with Gasteiger partial charge in [-0.1, -0.05) is 19.9 Å². The van der Waals surface area contributed by atoms with Crippen molar-refractivity contribution in [3.63, 3.8) is 0 Å². The fourth-order valence-electron chi connectivity index (χ4n) is 6.72. The summed E-state index contributed by atoms with van der Waals surface area (Å²) in [6.45, 7) is 7.86. The van der Waals surface area contributed by atoms with E-state index in [4.69, 9.17) is 0 Å². The molecule has 4 rings (SSSR count). The molecule has 5 atom stereocenters. The molecule has 0 aliphatic carbocycles. The van der Waals surface area contributed by atoms with Gasteiger partial charge in [0.15, 0.2) is 0 Å². The normalized spacial score (nSPS) is 27.5. The predicted molar refractivity (Wildman–Crippen MR) is 181 cm³/mol. The van der Waals surface area contributed by atoms with Gasteiger partial charge in [0.25, 0.3) is 0 Å². The molecule has 1 aromatic heterocycles. The van der Waals surface area contributed by atoms with Crippen molar-refractivity contribution in [3.05, 3.63) is 56.7 Å². The molecule has 2 saturated heterocycles. The van der Waals surface area contributed by atoms with Crippen LogP contribution in [-0.2, 0) is 25.6 Å². The van der Waals surface area contributed by atoms with E-state index in [1.165, 1.54) is 0 Å². The van der Waals surface area contributed by atoms with Crippen molar-refractivity contribution in [2.45, 2.75) is 78.3 Å². The van der Waals surface area contributed by atoms with Crippen LogP contribution in [0.5, 0.6) is 0 Å². The second-order valence-corrected chi connectivity index (χ2v) is 13.0. The first-order valence-electron chi connectivity index (χ1n) is 15.4. The van der Waals surface area contributed by atoms with Crippen LogP contribution < -0.4 is 16.0 Å². The average molecular weight is 657 g/mol. The van der Waals surface area contributed by atoms with E-state index in [1.807, 2.05) is 45.9 Å². The van der Waals surface area contributed by atoms with Crippen LogP contribution in [0, 0.1) is 24.7 Å². The van der Waals surface area contributed by atoms with Crippen molar-refractivity contribution in [1.82, 2.24) is 20.9 Å². The average Bonchev–Trinajstić information content (AvgIpc) is 3.61. The number of H-pyrrole nitrogens is 1. The molecular formula is C33H44N4O6S2. The molecule has 0 spiro atoms. The number of aliphatic carboxylic acids is 2. The van der Waals surface area contributed by atoms with Crippen LogP contribution in [0.2, 0.25) is 0 Å². The molecule has 3 aliphatic heterocycles. The summed E-state index contributed by atoms with van der Waals surface area (Å²) < 4.78 is 0. The van der Waals surface area contributed by atoms with Crippen molar-refractivity contribution in [2.24, 2.45) is 17.8 Å². The summed E-state index contributed by atoms with van der Waals surface area (Å²) in [5, 5.41) is 28.7. The maximum atomic E-state index is 12.6. The molecule has 2 fully saturated rings. The standard InChI is InChI=1S/C33H44N4O6S2/c1-16-20(5-7-30(38)39)27(34-24(16)13-26-18(3)23(10-12-45)33(43)36-26)15-28-21(6-8-31(40)41)17(2)25(35-28)14-29-22(9-11-44)19(4)32(42)37-29/h10,14-15,18-19,22,24,26,34-35,44-45H,5-9,11-13H2,1-4H3,(H,36,43)(H,37,42)(H,38,39)(H,40,41)/b23-10-,27-15+,29-14-/t18?,19-,22-,24?,26-/m1/s1. The molecule has 12 heteroatoms. The quantitative estimate of drug-likeness (QED) is 0.116. The first kappa shape index (κ1) is 34.5. The number of hydrogen-bond donors (Lipinski definition) is 8. The Kier molecular flexibility index (Phi) is 11.4. The third-order valence-electron chi connectivity index (χ3n) is 9.47. The SMILES string of the molecule is CC1=C(CCC(=O)O)/C(=C\c2[nH]c(/C=C3\NC(=O)[C@H](C)[C@H]3CCS)c(C)c2CCC(=O)O)NC1C[C@H]1NC(=O)/C(=C\CS)C1C. The highest BCUT2D eigenvalue weighted by Crippen LogP contribution is 2.36. The number of carboxylic acid groups (broad SMARTS) is 2. The van der Waals surface area contributed by atoms with Crippen LogP contribution in [0.1, 0.15) is 75.4 Å². The minimum atomic E-state index is -0.907. The zero-order valence-corrected chi connectivity index (χ0v) is 28.0. The van der Waals surface area contributed by atoms with Gasteiger partial charge in [-0.2, -0.15) is 25.3 Å². The Morgan fingerprint density at radius 2 is 1.62 bits per heavy atom. The van der Waals surface area contributed by atoms with Gasteiger partial charge in [-0.3, -0.25) is 19.2 Å². The lowest BCUT2D eigenvalue weighted by Gasteiger charge is -2.21. The number of carbonyl (C=O) groups is 4. The predicted octanol–water partition coefficient (Wildman–Crippen LogP) is 4.26. The Hall–Kier alpha value is -3.38. The molecule has 4 heterocycles. The van der Waals surface area contributed by atoms with Crippen LogP contribution in [-0.4, -0.2) is 62.5 Å². The maximum Gasteiger partial charge on any atom is 0.303 e. The zero-order valence-electron chi connectivity index (χ0n) is 26.2. The summed E-state index contributed by atoms with van der Waals surface area (Å²) >= 11 is 8.64. The van der Waals surface area contributed by atoms with Crippen molar-refractivity contribution >= 4 is 61.2 Å². The first-order valence-corrected chi connectivity index (χ1v) is 16.7. The largest absolute Gasteiger partial charge is 0.481 e. The number of aromatic amines is 1. The molecule has 244 valence electrons. The van der Waals surface area contributed by atoms with Gasteiger partial charge in [-0.15, -0.1) is 0 Å². The number of allylic oxidation sites excluding steroid dienone is 2. The molecule has 1 aromatic rings. The Labute approximate surface area is 275 Å². The van der Waals surface area contributed by atoms with Crippen molar-refractivity contribution in [1.29, 1.82) is 0 Å². The Balaban J connectivity index is 1.72. The van der Waals surface area contributed by atoms with E-state index in [0.29, 0.717) is 30.8 Å². The van der Waals surface area contributed by atoms with E-state index >= 15 is 0 Å². The summed E-state index contributed by atoms with van der Waals surface area (Å²) in [5.74, 6) is -0.962.